The van der Waals surface area contributed by atoms with Crippen molar-refractivity contribution < 1.29 is 4.74 Å². The van der Waals surface area contributed by atoms with Crippen LogP contribution in [-0.2, 0) is 4.74 Å². The van der Waals surface area contributed by atoms with Crippen LogP contribution in [0.5, 0.6) is 0 Å². The Bertz CT molecular complexity index is 121. The van der Waals surface area contributed by atoms with Gasteiger partial charge >= 0.3 is 0 Å². The molecule has 0 heterocycles. The summed E-state index contributed by atoms with van der Waals surface area (Å²) in [4.78, 5) is 0. The average Bonchev–Trinajstić information content (AvgIpc) is 2.52. The summed E-state index contributed by atoms with van der Waals surface area (Å²) >= 11 is 2.00. The van der Waals surface area contributed by atoms with Gasteiger partial charge in [-0.15, -0.1) is 0 Å². The smallest absolute Gasteiger partial charge is 0.0587 e. The van der Waals surface area contributed by atoms with Gasteiger partial charge in [0, 0.05) is 24.9 Å². The van der Waals surface area contributed by atoms with Crippen LogP contribution >= 0.6 is 11.8 Å². The summed E-state index contributed by atoms with van der Waals surface area (Å²) in [5.41, 5.74) is 0. The number of thioether (sulfide) groups is 1. The first-order chi connectivity index (χ1) is 5.88. The molecule has 0 aliphatic heterocycles. The standard InChI is InChI=1S/C9H19NOS/c1-11-7-6-10-8-4-3-5-9(8)12-2/h8-10H,3-7H2,1-2H3. The Morgan fingerprint density at radius 2 is 2.33 bits per heavy atom. The van der Waals surface area contributed by atoms with E-state index in [9.17, 15) is 0 Å². The molecular weight excluding hydrogens is 170 g/mol. The van der Waals surface area contributed by atoms with Crippen LogP contribution in [0, 0.1) is 0 Å². The lowest BCUT2D eigenvalue weighted by atomic mass is 10.2. The molecule has 1 aliphatic carbocycles. The molecule has 72 valence electrons. The molecule has 2 nitrogen and oxygen atoms in total. The predicted molar refractivity (Wildman–Crippen MR) is 54.8 cm³/mol. The van der Waals surface area contributed by atoms with Crippen LogP contribution in [0.15, 0.2) is 0 Å². The molecule has 3 heteroatoms. The highest BCUT2D eigenvalue weighted by Gasteiger charge is 2.25. The molecule has 0 aromatic heterocycles. The Hall–Kier alpha value is 0.270. The lowest BCUT2D eigenvalue weighted by Crippen LogP contribution is -2.36. The highest BCUT2D eigenvalue weighted by atomic mass is 32.2. The van der Waals surface area contributed by atoms with E-state index in [4.69, 9.17) is 4.74 Å². The average molecular weight is 189 g/mol. The van der Waals surface area contributed by atoms with Crippen molar-refractivity contribution in [1.29, 1.82) is 0 Å². The summed E-state index contributed by atoms with van der Waals surface area (Å²) < 4.78 is 5.00. The quantitative estimate of drug-likeness (QED) is 0.662. The normalized spacial score (nSPS) is 29.5. The van der Waals surface area contributed by atoms with Gasteiger partial charge in [-0.3, -0.25) is 0 Å². The molecule has 0 aromatic rings. The van der Waals surface area contributed by atoms with Gasteiger partial charge in [-0.25, -0.2) is 0 Å². The minimum atomic E-state index is 0.732. The van der Waals surface area contributed by atoms with Crippen molar-refractivity contribution in [3.05, 3.63) is 0 Å². The first kappa shape index (κ1) is 10.4. The summed E-state index contributed by atoms with van der Waals surface area (Å²) in [5.74, 6) is 0. The topological polar surface area (TPSA) is 21.3 Å². The second-order valence-electron chi connectivity index (χ2n) is 3.26. The van der Waals surface area contributed by atoms with Gasteiger partial charge in [0.1, 0.15) is 0 Å². The molecule has 1 N–H and O–H groups in total. The fraction of sp³-hybridized carbons (Fsp3) is 1.00. The Morgan fingerprint density at radius 1 is 1.50 bits per heavy atom. The second-order valence-corrected chi connectivity index (χ2v) is 4.34. The second kappa shape index (κ2) is 5.84. The summed E-state index contributed by atoms with van der Waals surface area (Å²) in [5, 5.41) is 4.37. The SMILES string of the molecule is COCCNC1CCCC1SC. The molecule has 0 bridgehead atoms. The molecule has 2 atom stereocenters. The van der Waals surface area contributed by atoms with Gasteiger partial charge in [0.2, 0.25) is 0 Å². The van der Waals surface area contributed by atoms with E-state index in [0.717, 1.165) is 24.4 Å². The van der Waals surface area contributed by atoms with E-state index in [1.165, 1.54) is 19.3 Å². The Labute approximate surface area is 79.4 Å². The van der Waals surface area contributed by atoms with Gasteiger partial charge in [-0.2, -0.15) is 11.8 Å². The van der Waals surface area contributed by atoms with Crippen molar-refractivity contribution in [2.24, 2.45) is 0 Å². The molecule has 1 aliphatic rings. The Balaban J connectivity index is 2.12. The van der Waals surface area contributed by atoms with Crippen molar-refractivity contribution in [3.63, 3.8) is 0 Å². The number of rotatable bonds is 5. The minimum Gasteiger partial charge on any atom is -0.383 e. The summed E-state index contributed by atoms with van der Waals surface area (Å²) in [6.45, 7) is 1.83. The lowest BCUT2D eigenvalue weighted by molar-refractivity contribution is 0.196. The van der Waals surface area contributed by atoms with Crippen molar-refractivity contribution in [1.82, 2.24) is 5.32 Å². The molecule has 0 amide bonds. The molecule has 0 saturated heterocycles. The Kier molecular flexibility index (Phi) is 5.04. The number of nitrogens with one attached hydrogen (secondary N) is 1. The molecule has 1 saturated carbocycles. The third-order valence-electron chi connectivity index (χ3n) is 2.47. The molecular formula is C9H19NOS. The van der Waals surface area contributed by atoms with Gasteiger partial charge in [0.25, 0.3) is 0 Å². The van der Waals surface area contributed by atoms with Gasteiger partial charge in [-0.05, 0) is 19.1 Å². The predicted octanol–water partition coefficient (Wildman–Crippen LogP) is 1.51. The Morgan fingerprint density at radius 3 is 3.00 bits per heavy atom. The van der Waals surface area contributed by atoms with E-state index >= 15 is 0 Å². The lowest BCUT2D eigenvalue weighted by Gasteiger charge is -2.18. The molecule has 1 rings (SSSR count). The van der Waals surface area contributed by atoms with Crippen molar-refractivity contribution in [2.45, 2.75) is 30.6 Å². The molecule has 0 aromatic carbocycles. The van der Waals surface area contributed by atoms with Crippen molar-refractivity contribution in [3.8, 4) is 0 Å². The van der Waals surface area contributed by atoms with Crippen LogP contribution in [0.2, 0.25) is 0 Å². The summed E-state index contributed by atoms with van der Waals surface area (Å²) in [7, 11) is 1.75. The third kappa shape index (κ3) is 2.96. The fourth-order valence-corrected chi connectivity index (χ4v) is 2.75. The molecule has 0 radical (unpaired) electrons. The van der Waals surface area contributed by atoms with Gasteiger partial charge in [-0.1, -0.05) is 6.42 Å². The third-order valence-corrected chi connectivity index (χ3v) is 3.64. The van der Waals surface area contributed by atoms with E-state index in [-0.39, 0.29) is 0 Å². The largest absolute Gasteiger partial charge is 0.383 e. The van der Waals surface area contributed by atoms with E-state index < -0.39 is 0 Å². The number of hydrogen-bond donors (Lipinski definition) is 1. The van der Waals surface area contributed by atoms with Crippen LogP contribution < -0.4 is 5.32 Å². The van der Waals surface area contributed by atoms with E-state index in [0.29, 0.717) is 0 Å². The van der Waals surface area contributed by atoms with E-state index in [1.807, 2.05) is 11.8 Å². The maximum absolute atomic E-state index is 5.00. The number of ether oxygens (including phenoxy) is 1. The fourth-order valence-electron chi connectivity index (χ4n) is 1.79. The zero-order valence-electron chi connectivity index (χ0n) is 8.01. The van der Waals surface area contributed by atoms with Crippen LogP contribution in [0.25, 0.3) is 0 Å². The van der Waals surface area contributed by atoms with Crippen LogP contribution in [0.4, 0.5) is 0 Å². The zero-order chi connectivity index (χ0) is 8.81. The maximum atomic E-state index is 5.00. The van der Waals surface area contributed by atoms with Gasteiger partial charge in [0.05, 0.1) is 6.61 Å². The zero-order valence-corrected chi connectivity index (χ0v) is 8.82. The molecule has 0 spiro atoms. The van der Waals surface area contributed by atoms with Gasteiger partial charge in [0.15, 0.2) is 0 Å². The van der Waals surface area contributed by atoms with Crippen molar-refractivity contribution in [2.75, 3.05) is 26.5 Å². The first-order valence-corrected chi connectivity index (χ1v) is 5.92. The molecule has 1 fully saturated rings. The number of hydrogen-bond acceptors (Lipinski definition) is 3. The van der Waals surface area contributed by atoms with Crippen LogP contribution in [0.1, 0.15) is 19.3 Å². The highest BCUT2D eigenvalue weighted by molar-refractivity contribution is 7.99. The summed E-state index contributed by atoms with van der Waals surface area (Å²) in [6, 6.07) is 0.732. The molecule has 2 unspecified atom stereocenters. The molecule has 12 heavy (non-hydrogen) atoms. The van der Waals surface area contributed by atoms with E-state index in [1.54, 1.807) is 7.11 Å². The monoisotopic (exact) mass is 189 g/mol. The highest BCUT2D eigenvalue weighted by Crippen LogP contribution is 2.27. The number of methoxy groups -OCH3 is 1. The summed E-state index contributed by atoms with van der Waals surface area (Å²) in [6.07, 6.45) is 6.32. The minimum absolute atomic E-state index is 0.732. The van der Waals surface area contributed by atoms with Gasteiger partial charge < -0.3 is 10.1 Å². The van der Waals surface area contributed by atoms with Crippen LogP contribution in [-0.4, -0.2) is 37.8 Å². The first-order valence-electron chi connectivity index (χ1n) is 4.63. The van der Waals surface area contributed by atoms with E-state index in [2.05, 4.69) is 11.6 Å². The van der Waals surface area contributed by atoms with Crippen molar-refractivity contribution >= 4 is 11.8 Å². The van der Waals surface area contributed by atoms with Crippen LogP contribution in [0.3, 0.4) is 0 Å². The maximum Gasteiger partial charge on any atom is 0.0587 e.